The van der Waals surface area contributed by atoms with Gasteiger partial charge in [0.2, 0.25) is 0 Å². The van der Waals surface area contributed by atoms with Gasteiger partial charge in [0.15, 0.2) is 0 Å². The monoisotopic (exact) mass is 479 g/mol. The molecular formula is C25H29N5O5. The number of carbonyl (C=O) groups is 2. The smallest absolute Gasteiger partial charge is 0.269 e. The molecule has 1 heterocycles. The van der Waals surface area contributed by atoms with E-state index in [1.54, 1.807) is 36.9 Å². The second-order valence-corrected chi connectivity index (χ2v) is 9.19. The van der Waals surface area contributed by atoms with Crippen molar-refractivity contribution in [2.75, 3.05) is 18.4 Å². The number of amides is 2. The Morgan fingerprint density at radius 2 is 1.86 bits per heavy atom. The van der Waals surface area contributed by atoms with E-state index in [0.29, 0.717) is 41.4 Å². The van der Waals surface area contributed by atoms with Crippen LogP contribution >= 0.6 is 0 Å². The van der Waals surface area contributed by atoms with Gasteiger partial charge in [0.1, 0.15) is 11.3 Å². The van der Waals surface area contributed by atoms with Crippen LogP contribution in [0.2, 0.25) is 0 Å². The number of nitro benzene ring substituents is 1. The Labute approximate surface area is 203 Å². The van der Waals surface area contributed by atoms with Gasteiger partial charge in [0.25, 0.3) is 17.5 Å². The lowest BCUT2D eigenvalue weighted by atomic mass is 9.92. The lowest BCUT2D eigenvalue weighted by Gasteiger charge is -2.32. The molecule has 0 saturated heterocycles. The Kier molecular flexibility index (Phi) is 7.65. The zero-order chi connectivity index (χ0) is 25.8. The highest BCUT2D eigenvalue weighted by atomic mass is 16.6. The Morgan fingerprint density at radius 3 is 2.43 bits per heavy atom. The number of benzene rings is 2. The zero-order valence-corrected chi connectivity index (χ0v) is 20.2. The number of anilines is 1. The third-order valence-electron chi connectivity index (χ3n) is 5.60. The second kappa shape index (κ2) is 10.5. The van der Waals surface area contributed by atoms with E-state index in [-0.39, 0.29) is 23.6 Å². The third-order valence-corrected chi connectivity index (χ3v) is 5.60. The summed E-state index contributed by atoms with van der Waals surface area (Å²) < 4.78 is 5.19. The number of rotatable bonds is 9. The van der Waals surface area contributed by atoms with E-state index in [9.17, 15) is 19.7 Å². The number of aromatic nitrogens is 1. The van der Waals surface area contributed by atoms with Crippen LogP contribution in [-0.4, -0.2) is 39.9 Å². The van der Waals surface area contributed by atoms with Gasteiger partial charge in [-0.15, -0.1) is 0 Å². The van der Waals surface area contributed by atoms with E-state index in [1.165, 1.54) is 24.3 Å². The number of nitrogens with one attached hydrogen (secondary N) is 1. The predicted molar refractivity (Wildman–Crippen MR) is 131 cm³/mol. The quantitative estimate of drug-likeness (QED) is 0.347. The molecule has 0 spiro atoms. The van der Waals surface area contributed by atoms with E-state index in [0.717, 1.165) is 5.56 Å². The first kappa shape index (κ1) is 25.6. The zero-order valence-electron chi connectivity index (χ0n) is 20.2. The van der Waals surface area contributed by atoms with Crippen molar-refractivity contribution in [3.05, 3.63) is 86.8 Å². The summed E-state index contributed by atoms with van der Waals surface area (Å²) in [5, 5.41) is 17.5. The number of nitrogens with zero attached hydrogens (tertiary/aromatic N) is 3. The lowest BCUT2D eigenvalue weighted by Crippen LogP contribution is -2.42. The Morgan fingerprint density at radius 1 is 1.17 bits per heavy atom. The molecule has 0 atom stereocenters. The molecule has 10 heteroatoms. The van der Waals surface area contributed by atoms with Crippen LogP contribution in [0, 0.1) is 29.4 Å². The molecule has 0 unspecified atom stereocenters. The molecule has 0 aliphatic rings. The number of carbonyl (C=O) groups excluding carboxylic acids is 2. The topological polar surface area (TPSA) is 145 Å². The molecule has 3 N–H and O–H groups in total. The summed E-state index contributed by atoms with van der Waals surface area (Å²) in [6, 6.07) is 12.5. The summed E-state index contributed by atoms with van der Waals surface area (Å²) in [4.78, 5) is 38.1. The van der Waals surface area contributed by atoms with Gasteiger partial charge in [-0.1, -0.05) is 31.1 Å². The Balaban J connectivity index is 1.81. The average Bonchev–Trinajstić information content (AvgIpc) is 3.16. The summed E-state index contributed by atoms with van der Waals surface area (Å²) in [5.74, 6) is -0.153. The lowest BCUT2D eigenvalue weighted by molar-refractivity contribution is -0.384. The third kappa shape index (κ3) is 6.30. The first-order valence-electron chi connectivity index (χ1n) is 11.1. The number of hydrogen-bond donors (Lipinski definition) is 2. The summed E-state index contributed by atoms with van der Waals surface area (Å²) in [6.45, 7) is 8.49. The van der Waals surface area contributed by atoms with Crippen LogP contribution in [0.3, 0.4) is 0 Å². The average molecular weight is 480 g/mol. The van der Waals surface area contributed by atoms with Crippen molar-refractivity contribution in [2.45, 2.75) is 34.2 Å². The molecule has 0 aliphatic heterocycles. The van der Waals surface area contributed by atoms with Crippen molar-refractivity contribution in [2.24, 2.45) is 11.1 Å². The SMILES string of the molecule is Cc1noc(C)c1C(=O)N(Cc1cccc(NC(=O)c2ccc([N+](=O)[O-])cc2)c1)CC(C)(C)CN. The highest BCUT2D eigenvalue weighted by molar-refractivity contribution is 6.04. The maximum absolute atomic E-state index is 13.4. The molecule has 184 valence electrons. The van der Waals surface area contributed by atoms with Crippen LogP contribution < -0.4 is 11.1 Å². The molecule has 3 aromatic rings. The number of aryl methyl sites for hydroxylation is 2. The van der Waals surface area contributed by atoms with E-state index in [4.69, 9.17) is 10.3 Å². The molecule has 35 heavy (non-hydrogen) atoms. The van der Waals surface area contributed by atoms with Crippen molar-refractivity contribution in [1.82, 2.24) is 10.1 Å². The van der Waals surface area contributed by atoms with Crippen molar-refractivity contribution >= 4 is 23.2 Å². The molecule has 0 fully saturated rings. The minimum absolute atomic E-state index is 0.0907. The molecule has 0 bridgehead atoms. The van der Waals surface area contributed by atoms with Gasteiger partial charge in [0.05, 0.1) is 10.6 Å². The van der Waals surface area contributed by atoms with Crippen molar-refractivity contribution in [3.63, 3.8) is 0 Å². The Bertz CT molecular complexity index is 1210. The number of nitrogens with two attached hydrogens (primary N) is 1. The van der Waals surface area contributed by atoms with E-state index in [1.807, 2.05) is 19.9 Å². The van der Waals surface area contributed by atoms with Gasteiger partial charge in [-0.2, -0.15) is 0 Å². The van der Waals surface area contributed by atoms with Crippen LogP contribution in [0.25, 0.3) is 0 Å². The van der Waals surface area contributed by atoms with Crippen LogP contribution in [-0.2, 0) is 6.54 Å². The molecule has 3 rings (SSSR count). The molecule has 10 nitrogen and oxygen atoms in total. The van der Waals surface area contributed by atoms with Crippen LogP contribution in [0.1, 0.15) is 51.6 Å². The van der Waals surface area contributed by atoms with Crippen LogP contribution in [0.5, 0.6) is 0 Å². The van der Waals surface area contributed by atoms with Crippen LogP contribution in [0.15, 0.2) is 53.1 Å². The van der Waals surface area contributed by atoms with E-state index < -0.39 is 10.8 Å². The summed E-state index contributed by atoms with van der Waals surface area (Å²) >= 11 is 0. The molecule has 0 aliphatic carbocycles. The number of nitro groups is 1. The van der Waals surface area contributed by atoms with Gasteiger partial charge >= 0.3 is 0 Å². The van der Waals surface area contributed by atoms with Crippen LogP contribution in [0.4, 0.5) is 11.4 Å². The fourth-order valence-corrected chi connectivity index (χ4v) is 3.63. The molecule has 1 aromatic heterocycles. The highest BCUT2D eigenvalue weighted by Gasteiger charge is 2.28. The standard InChI is InChI=1S/C25H29N5O5/c1-16-22(17(2)35-28-16)24(32)29(15-25(3,4)14-26)13-18-6-5-7-20(12-18)27-23(31)19-8-10-21(11-9-19)30(33)34/h5-12H,13-15,26H2,1-4H3,(H,27,31). The van der Waals surface area contributed by atoms with E-state index >= 15 is 0 Å². The maximum atomic E-state index is 13.4. The summed E-state index contributed by atoms with van der Waals surface area (Å²) in [7, 11) is 0. The summed E-state index contributed by atoms with van der Waals surface area (Å²) in [6.07, 6.45) is 0. The number of non-ortho nitro benzene ring substituents is 1. The minimum Gasteiger partial charge on any atom is -0.361 e. The maximum Gasteiger partial charge on any atom is 0.269 e. The van der Waals surface area contributed by atoms with Gasteiger partial charge in [0, 0.05) is 36.5 Å². The van der Waals surface area contributed by atoms with Crippen molar-refractivity contribution in [3.8, 4) is 0 Å². The molecule has 2 amide bonds. The van der Waals surface area contributed by atoms with Gasteiger partial charge < -0.3 is 20.5 Å². The number of hydrogen-bond acceptors (Lipinski definition) is 7. The molecule has 0 radical (unpaired) electrons. The van der Waals surface area contributed by atoms with Gasteiger partial charge in [-0.25, -0.2) is 0 Å². The molecule has 0 saturated carbocycles. The first-order chi connectivity index (χ1) is 16.5. The van der Waals surface area contributed by atoms with Crippen molar-refractivity contribution < 1.29 is 19.0 Å². The summed E-state index contributed by atoms with van der Waals surface area (Å²) in [5.41, 5.74) is 8.10. The fraction of sp³-hybridized carbons (Fsp3) is 0.320. The molecule has 2 aromatic carbocycles. The first-order valence-corrected chi connectivity index (χ1v) is 11.1. The van der Waals surface area contributed by atoms with Gasteiger partial charge in [-0.05, 0) is 55.6 Å². The minimum atomic E-state index is -0.521. The van der Waals surface area contributed by atoms with Gasteiger partial charge in [-0.3, -0.25) is 19.7 Å². The predicted octanol–water partition coefficient (Wildman–Crippen LogP) is 4.08. The van der Waals surface area contributed by atoms with E-state index in [2.05, 4.69) is 10.5 Å². The second-order valence-electron chi connectivity index (χ2n) is 9.19. The van der Waals surface area contributed by atoms with Crippen molar-refractivity contribution in [1.29, 1.82) is 0 Å². The molecular weight excluding hydrogens is 450 g/mol. The largest absolute Gasteiger partial charge is 0.361 e. The Hall–Kier alpha value is -4.05. The normalized spacial score (nSPS) is 11.2. The fourth-order valence-electron chi connectivity index (χ4n) is 3.63. The highest BCUT2D eigenvalue weighted by Crippen LogP contribution is 2.23.